The molecular weight excluding hydrogens is 265 g/mol. The highest BCUT2D eigenvalue weighted by molar-refractivity contribution is 5.21. The van der Waals surface area contributed by atoms with E-state index in [0.29, 0.717) is 5.56 Å². The molecule has 0 aromatic heterocycles. The van der Waals surface area contributed by atoms with Gasteiger partial charge in [0.2, 0.25) is 0 Å². The Bertz CT molecular complexity index is 437. The zero-order valence-electron chi connectivity index (χ0n) is 13.2. The van der Waals surface area contributed by atoms with Crippen LogP contribution in [0.15, 0.2) is 24.3 Å². The summed E-state index contributed by atoms with van der Waals surface area (Å²) >= 11 is 0. The first-order valence-electron chi connectivity index (χ1n) is 8.31. The average Bonchev–Trinajstić information content (AvgIpc) is 2.53. The molecule has 4 atom stereocenters. The monoisotopic (exact) mass is 293 g/mol. The van der Waals surface area contributed by atoms with Crippen molar-refractivity contribution in [1.82, 2.24) is 0 Å². The quantitative estimate of drug-likeness (QED) is 0.832. The Morgan fingerprint density at radius 1 is 1.29 bits per heavy atom. The molecule has 2 nitrogen and oxygen atoms in total. The van der Waals surface area contributed by atoms with Gasteiger partial charge in [-0.25, -0.2) is 4.39 Å². The van der Waals surface area contributed by atoms with Crippen LogP contribution in [0.1, 0.15) is 64.0 Å². The van der Waals surface area contributed by atoms with Gasteiger partial charge in [-0.3, -0.25) is 0 Å². The molecule has 1 saturated carbocycles. The van der Waals surface area contributed by atoms with Gasteiger partial charge in [-0.15, -0.1) is 0 Å². The van der Waals surface area contributed by atoms with E-state index in [1.165, 1.54) is 25.3 Å². The molecule has 3 heteroatoms. The molecule has 0 spiro atoms. The molecule has 2 rings (SSSR count). The molecular formula is C18H28FNO. The molecule has 1 aliphatic carbocycles. The third kappa shape index (κ3) is 4.27. The van der Waals surface area contributed by atoms with Crippen molar-refractivity contribution in [1.29, 1.82) is 0 Å². The zero-order chi connectivity index (χ0) is 15.2. The molecule has 1 aromatic rings. The fourth-order valence-corrected chi connectivity index (χ4v) is 3.27. The van der Waals surface area contributed by atoms with E-state index in [0.717, 1.165) is 25.2 Å². The second-order valence-electron chi connectivity index (χ2n) is 6.21. The third-order valence-electron chi connectivity index (χ3n) is 4.72. The Labute approximate surface area is 127 Å². The summed E-state index contributed by atoms with van der Waals surface area (Å²) in [6.45, 7) is 4.26. The lowest BCUT2D eigenvalue weighted by atomic mass is 9.85. The number of ether oxygens (including phenoxy) is 1. The van der Waals surface area contributed by atoms with Gasteiger partial charge in [0.15, 0.2) is 0 Å². The minimum absolute atomic E-state index is 0.163. The van der Waals surface area contributed by atoms with Gasteiger partial charge in [-0.1, -0.05) is 51.3 Å². The predicted molar refractivity (Wildman–Crippen MR) is 84.5 cm³/mol. The SMILES string of the molecule is CCC1CCCC(OC(c2ccccc2F)C(N)CC)C1. The van der Waals surface area contributed by atoms with Crippen LogP contribution < -0.4 is 5.73 Å². The van der Waals surface area contributed by atoms with E-state index in [2.05, 4.69) is 6.92 Å². The van der Waals surface area contributed by atoms with Crippen LogP contribution in [-0.4, -0.2) is 12.1 Å². The van der Waals surface area contributed by atoms with Crippen molar-refractivity contribution in [2.75, 3.05) is 0 Å². The van der Waals surface area contributed by atoms with Gasteiger partial charge < -0.3 is 10.5 Å². The number of nitrogens with two attached hydrogens (primary N) is 1. The number of rotatable bonds is 6. The van der Waals surface area contributed by atoms with E-state index in [1.54, 1.807) is 12.1 Å². The van der Waals surface area contributed by atoms with Crippen molar-refractivity contribution in [3.05, 3.63) is 35.6 Å². The summed E-state index contributed by atoms with van der Waals surface area (Å²) in [5.74, 6) is 0.525. The average molecular weight is 293 g/mol. The number of benzene rings is 1. The third-order valence-corrected chi connectivity index (χ3v) is 4.72. The summed E-state index contributed by atoms with van der Waals surface area (Å²) in [6, 6.07) is 6.69. The Morgan fingerprint density at radius 2 is 2.05 bits per heavy atom. The van der Waals surface area contributed by atoms with Crippen LogP contribution in [0, 0.1) is 11.7 Å². The van der Waals surface area contributed by atoms with Crippen molar-refractivity contribution in [2.45, 2.75) is 70.6 Å². The summed E-state index contributed by atoms with van der Waals surface area (Å²) in [6.07, 6.45) is 6.50. The molecule has 1 fully saturated rings. The second-order valence-corrected chi connectivity index (χ2v) is 6.21. The van der Waals surface area contributed by atoms with Gasteiger partial charge in [0.25, 0.3) is 0 Å². The van der Waals surface area contributed by atoms with Gasteiger partial charge in [-0.05, 0) is 31.2 Å². The largest absolute Gasteiger partial charge is 0.369 e. The number of halogens is 1. The normalized spacial score (nSPS) is 25.5. The summed E-state index contributed by atoms with van der Waals surface area (Å²) in [7, 11) is 0. The predicted octanol–water partition coefficient (Wildman–Crippen LogP) is 4.59. The van der Waals surface area contributed by atoms with Crippen molar-refractivity contribution in [3.63, 3.8) is 0 Å². The van der Waals surface area contributed by atoms with Crippen molar-refractivity contribution in [2.24, 2.45) is 11.7 Å². The second kappa shape index (κ2) is 7.90. The van der Waals surface area contributed by atoms with Crippen molar-refractivity contribution >= 4 is 0 Å². The summed E-state index contributed by atoms with van der Waals surface area (Å²) in [5, 5.41) is 0. The maximum atomic E-state index is 14.1. The summed E-state index contributed by atoms with van der Waals surface area (Å²) in [4.78, 5) is 0. The Hall–Kier alpha value is -0.930. The zero-order valence-corrected chi connectivity index (χ0v) is 13.2. The van der Waals surface area contributed by atoms with Gasteiger partial charge in [0.05, 0.1) is 6.10 Å². The lowest BCUT2D eigenvalue weighted by Crippen LogP contribution is -2.34. The molecule has 0 bridgehead atoms. The first kappa shape index (κ1) is 16.4. The molecule has 0 radical (unpaired) electrons. The van der Waals surface area contributed by atoms with Gasteiger partial charge in [0.1, 0.15) is 11.9 Å². The Morgan fingerprint density at radius 3 is 2.71 bits per heavy atom. The van der Waals surface area contributed by atoms with Crippen LogP contribution in [0.4, 0.5) is 4.39 Å². The highest BCUT2D eigenvalue weighted by Gasteiger charge is 2.28. The highest BCUT2D eigenvalue weighted by Crippen LogP contribution is 2.33. The summed E-state index contributed by atoms with van der Waals surface area (Å²) in [5.41, 5.74) is 6.81. The number of hydrogen-bond acceptors (Lipinski definition) is 2. The van der Waals surface area contributed by atoms with E-state index >= 15 is 0 Å². The van der Waals surface area contributed by atoms with Crippen LogP contribution in [-0.2, 0) is 4.74 Å². The maximum absolute atomic E-state index is 14.1. The molecule has 2 N–H and O–H groups in total. The van der Waals surface area contributed by atoms with Crippen LogP contribution >= 0.6 is 0 Å². The summed E-state index contributed by atoms with van der Waals surface area (Å²) < 4.78 is 20.4. The lowest BCUT2D eigenvalue weighted by molar-refractivity contribution is -0.0549. The molecule has 0 saturated heterocycles. The topological polar surface area (TPSA) is 35.2 Å². The van der Waals surface area contributed by atoms with E-state index in [4.69, 9.17) is 10.5 Å². The van der Waals surface area contributed by atoms with Crippen LogP contribution in [0.3, 0.4) is 0 Å². The molecule has 21 heavy (non-hydrogen) atoms. The minimum Gasteiger partial charge on any atom is -0.369 e. The minimum atomic E-state index is -0.336. The lowest BCUT2D eigenvalue weighted by Gasteiger charge is -2.34. The molecule has 118 valence electrons. The van der Waals surface area contributed by atoms with E-state index in [-0.39, 0.29) is 24.1 Å². The van der Waals surface area contributed by atoms with Crippen molar-refractivity contribution < 1.29 is 9.13 Å². The Kier molecular flexibility index (Phi) is 6.19. The highest BCUT2D eigenvalue weighted by atomic mass is 19.1. The molecule has 0 amide bonds. The van der Waals surface area contributed by atoms with Crippen molar-refractivity contribution in [3.8, 4) is 0 Å². The molecule has 0 heterocycles. The smallest absolute Gasteiger partial charge is 0.129 e. The molecule has 1 aromatic carbocycles. The fourth-order valence-electron chi connectivity index (χ4n) is 3.27. The molecule has 4 unspecified atom stereocenters. The first-order valence-corrected chi connectivity index (χ1v) is 8.31. The van der Waals surface area contributed by atoms with Crippen LogP contribution in [0.2, 0.25) is 0 Å². The maximum Gasteiger partial charge on any atom is 0.129 e. The van der Waals surface area contributed by atoms with E-state index < -0.39 is 0 Å². The van der Waals surface area contributed by atoms with Crippen LogP contribution in [0.5, 0.6) is 0 Å². The Balaban J connectivity index is 2.12. The standard InChI is InChI=1S/C18H28FNO/c1-3-13-8-7-9-14(12-13)21-18(17(20)4-2)15-10-5-6-11-16(15)19/h5-6,10-11,13-14,17-18H,3-4,7-9,12,20H2,1-2H3. The first-order chi connectivity index (χ1) is 10.2. The fraction of sp³-hybridized carbons (Fsp3) is 0.667. The van der Waals surface area contributed by atoms with Crippen LogP contribution in [0.25, 0.3) is 0 Å². The van der Waals surface area contributed by atoms with E-state index in [9.17, 15) is 4.39 Å². The molecule has 0 aliphatic heterocycles. The van der Waals surface area contributed by atoms with Gasteiger partial charge >= 0.3 is 0 Å². The van der Waals surface area contributed by atoms with Gasteiger partial charge in [-0.2, -0.15) is 0 Å². The molecule has 1 aliphatic rings. The number of hydrogen-bond donors (Lipinski definition) is 1. The van der Waals surface area contributed by atoms with Gasteiger partial charge in [0, 0.05) is 11.6 Å². The van der Waals surface area contributed by atoms with E-state index in [1.807, 2.05) is 13.0 Å².